The number of carbonyl (C=O) groups is 1. The first kappa shape index (κ1) is 15.6. The molecule has 0 aliphatic carbocycles. The van der Waals surface area contributed by atoms with Crippen molar-refractivity contribution in [1.82, 2.24) is 20.0 Å². The monoisotopic (exact) mass is 318 g/mol. The van der Waals surface area contributed by atoms with Gasteiger partial charge in [-0.1, -0.05) is 5.21 Å². The molecule has 0 N–H and O–H groups in total. The van der Waals surface area contributed by atoms with Crippen molar-refractivity contribution in [1.29, 1.82) is 0 Å². The number of methoxy groups -OCH3 is 2. The molecule has 1 fully saturated rings. The summed E-state index contributed by atoms with van der Waals surface area (Å²) in [5.41, 5.74) is 2.49. The molecule has 0 aromatic carbocycles. The van der Waals surface area contributed by atoms with E-state index >= 15 is 0 Å². The van der Waals surface area contributed by atoms with Crippen LogP contribution >= 0.6 is 0 Å². The molecular weight excluding hydrogens is 300 g/mol. The van der Waals surface area contributed by atoms with Gasteiger partial charge in [0.15, 0.2) is 5.69 Å². The second-order valence-electron chi connectivity index (χ2n) is 5.34. The number of aryl methyl sites for hydroxylation is 1. The first-order valence-electron chi connectivity index (χ1n) is 7.21. The normalized spacial score (nSPS) is 20.7. The van der Waals surface area contributed by atoms with Gasteiger partial charge in [0.05, 0.1) is 26.5 Å². The molecular formula is C15H18N4O4. The van der Waals surface area contributed by atoms with E-state index in [1.807, 2.05) is 12.3 Å². The van der Waals surface area contributed by atoms with Crippen molar-refractivity contribution in [3.05, 3.63) is 29.7 Å². The second-order valence-corrected chi connectivity index (χ2v) is 5.34. The van der Waals surface area contributed by atoms with Crippen LogP contribution in [0.25, 0.3) is 11.3 Å². The fourth-order valence-electron chi connectivity index (χ4n) is 2.59. The zero-order valence-corrected chi connectivity index (χ0v) is 13.2. The predicted molar refractivity (Wildman–Crippen MR) is 80.0 cm³/mol. The van der Waals surface area contributed by atoms with E-state index in [1.165, 1.54) is 7.11 Å². The van der Waals surface area contributed by atoms with Crippen molar-refractivity contribution >= 4 is 5.97 Å². The Kier molecular flexibility index (Phi) is 4.35. The third-order valence-corrected chi connectivity index (χ3v) is 3.91. The molecule has 2 aromatic heterocycles. The number of nitrogens with zero attached hydrogens (tertiary/aromatic N) is 4. The predicted octanol–water partition coefficient (Wildman–Crippen LogP) is 1.02. The highest BCUT2D eigenvalue weighted by Crippen LogP contribution is 2.24. The number of hydrogen-bond acceptors (Lipinski definition) is 7. The number of rotatable bonds is 4. The zero-order chi connectivity index (χ0) is 16.4. The highest BCUT2D eigenvalue weighted by molar-refractivity contribution is 5.89. The largest absolute Gasteiger partial charge is 0.464 e. The Morgan fingerprint density at radius 3 is 2.91 bits per heavy atom. The summed E-state index contributed by atoms with van der Waals surface area (Å²) in [5.74, 6) is -0.455. The molecule has 0 radical (unpaired) electrons. The molecule has 1 aliphatic heterocycles. The van der Waals surface area contributed by atoms with E-state index in [0.717, 1.165) is 11.1 Å². The van der Waals surface area contributed by atoms with Gasteiger partial charge in [0.2, 0.25) is 0 Å². The van der Waals surface area contributed by atoms with Gasteiger partial charge in [-0.2, -0.15) is 0 Å². The molecule has 1 aliphatic rings. The Balaban J connectivity index is 1.86. The lowest BCUT2D eigenvalue weighted by Crippen LogP contribution is -2.24. The van der Waals surface area contributed by atoms with Crippen molar-refractivity contribution in [2.75, 3.05) is 27.4 Å². The SMILES string of the molecule is COC(=O)c1ncc(-c2cn([C@@H]3COC[C@H]3OC)nn2)cc1C. The molecule has 3 heterocycles. The van der Waals surface area contributed by atoms with Crippen LogP contribution in [0.4, 0.5) is 0 Å². The third kappa shape index (κ3) is 2.95. The van der Waals surface area contributed by atoms with Crippen LogP contribution in [0.1, 0.15) is 22.1 Å². The van der Waals surface area contributed by atoms with Crippen molar-refractivity contribution in [2.45, 2.75) is 19.1 Å². The van der Waals surface area contributed by atoms with Crippen molar-refractivity contribution in [2.24, 2.45) is 0 Å². The molecule has 122 valence electrons. The van der Waals surface area contributed by atoms with Crippen LogP contribution in [-0.4, -0.2) is 59.5 Å². The molecule has 8 nitrogen and oxygen atoms in total. The maximum atomic E-state index is 11.6. The van der Waals surface area contributed by atoms with Crippen molar-refractivity contribution < 1.29 is 19.0 Å². The molecule has 0 amide bonds. The van der Waals surface area contributed by atoms with Crippen LogP contribution in [0.2, 0.25) is 0 Å². The van der Waals surface area contributed by atoms with E-state index in [4.69, 9.17) is 14.2 Å². The molecule has 3 rings (SSSR count). The first-order chi connectivity index (χ1) is 11.1. The molecule has 0 spiro atoms. The lowest BCUT2D eigenvalue weighted by Gasteiger charge is -2.15. The Morgan fingerprint density at radius 2 is 2.22 bits per heavy atom. The highest BCUT2D eigenvalue weighted by Gasteiger charge is 2.30. The van der Waals surface area contributed by atoms with E-state index < -0.39 is 5.97 Å². The fraction of sp³-hybridized carbons (Fsp3) is 0.467. The molecule has 0 saturated carbocycles. The van der Waals surface area contributed by atoms with E-state index in [1.54, 1.807) is 24.9 Å². The molecule has 1 saturated heterocycles. The summed E-state index contributed by atoms with van der Waals surface area (Å²) in [6, 6.07) is 1.84. The van der Waals surface area contributed by atoms with Crippen LogP contribution in [0.3, 0.4) is 0 Å². The van der Waals surface area contributed by atoms with Gasteiger partial charge in [-0.3, -0.25) is 0 Å². The third-order valence-electron chi connectivity index (χ3n) is 3.91. The zero-order valence-electron chi connectivity index (χ0n) is 13.2. The topological polar surface area (TPSA) is 88.4 Å². The number of pyridine rings is 1. The number of aromatic nitrogens is 4. The van der Waals surface area contributed by atoms with E-state index in [2.05, 4.69) is 15.3 Å². The lowest BCUT2D eigenvalue weighted by molar-refractivity contribution is 0.0593. The summed E-state index contributed by atoms with van der Waals surface area (Å²) in [6.45, 7) is 2.89. The molecule has 0 bridgehead atoms. The van der Waals surface area contributed by atoms with Gasteiger partial charge in [0.1, 0.15) is 17.8 Å². The van der Waals surface area contributed by atoms with Gasteiger partial charge >= 0.3 is 5.97 Å². The maximum Gasteiger partial charge on any atom is 0.356 e. The number of esters is 1. The molecule has 0 unspecified atom stereocenters. The average molecular weight is 318 g/mol. The highest BCUT2D eigenvalue weighted by atomic mass is 16.5. The standard InChI is InChI=1S/C15H18N4O4/c1-9-4-10(5-16-14(9)15(20)22-3)11-6-19(18-17-11)12-7-23-8-13(12)21-2/h4-6,12-13H,7-8H2,1-3H3/t12-,13-/m1/s1. The van der Waals surface area contributed by atoms with Gasteiger partial charge in [-0.15, -0.1) is 5.10 Å². The van der Waals surface area contributed by atoms with E-state index in [0.29, 0.717) is 24.6 Å². The van der Waals surface area contributed by atoms with Crippen LogP contribution in [0.15, 0.2) is 18.5 Å². The Labute approximate surface area is 133 Å². The lowest BCUT2D eigenvalue weighted by atomic mass is 10.1. The van der Waals surface area contributed by atoms with Crippen molar-refractivity contribution in [3.8, 4) is 11.3 Å². The van der Waals surface area contributed by atoms with Crippen LogP contribution in [-0.2, 0) is 14.2 Å². The number of carbonyl (C=O) groups excluding carboxylic acids is 1. The second kappa shape index (κ2) is 6.43. The van der Waals surface area contributed by atoms with Crippen LogP contribution in [0.5, 0.6) is 0 Å². The maximum absolute atomic E-state index is 11.6. The molecule has 2 atom stereocenters. The summed E-state index contributed by atoms with van der Waals surface area (Å²) in [6.07, 6.45) is 3.39. The Morgan fingerprint density at radius 1 is 1.39 bits per heavy atom. The number of ether oxygens (including phenoxy) is 3. The van der Waals surface area contributed by atoms with Crippen LogP contribution < -0.4 is 0 Å². The smallest absolute Gasteiger partial charge is 0.356 e. The van der Waals surface area contributed by atoms with Crippen molar-refractivity contribution in [3.63, 3.8) is 0 Å². The molecule has 2 aromatic rings. The summed E-state index contributed by atoms with van der Waals surface area (Å²) >= 11 is 0. The minimum atomic E-state index is -0.455. The molecule has 8 heteroatoms. The Hall–Kier alpha value is -2.32. The average Bonchev–Trinajstić information content (AvgIpc) is 3.22. The minimum absolute atomic E-state index is 0.00430. The Bertz CT molecular complexity index is 715. The number of hydrogen-bond donors (Lipinski definition) is 0. The first-order valence-corrected chi connectivity index (χ1v) is 7.21. The van der Waals surface area contributed by atoms with Gasteiger partial charge in [-0.25, -0.2) is 14.5 Å². The van der Waals surface area contributed by atoms with Gasteiger partial charge in [0.25, 0.3) is 0 Å². The summed E-state index contributed by atoms with van der Waals surface area (Å²) in [4.78, 5) is 15.7. The summed E-state index contributed by atoms with van der Waals surface area (Å²) in [5, 5.41) is 8.34. The molecule has 23 heavy (non-hydrogen) atoms. The van der Waals surface area contributed by atoms with Crippen LogP contribution in [0, 0.1) is 6.92 Å². The van der Waals surface area contributed by atoms with Gasteiger partial charge < -0.3 is 14.2 Å². The van der Waals surface area contributed by atoms with E-state index in [-0.39, 0.29) is 12.1 Å². The summed E-state index contributed by atoms with van der Waals surface area (Å²) in [7, 11) is 2.99. The quantitative estimate of drug-likeness (QED) is 0.778. The fourth-order valence-corrected chi connectivity index (χ4v) is 2.59. The van der Waals surface area contributed by atoms with Gasteiger partial charge in [-0.05, 0) is 18.6 Å². The minimum Gasteiger partial charge on any atom is -0.464 e. The van der Waals surface area contributed by atoms with E-state index in [9.17, 15) is 4.79 Å². The summed E-state index contributed by atoms with van der Waals surface area (Å²) < 4.78 is 17.3. The van der Waals surface area contributed by atoms with Gasteiger partial charge in [0, 0.05) is 18.9 Å².